The number of rotatable bonds is 6. The maximum Gasteiger partial charge on any atom is 0.153 e. The fourth-order valence-corrected chi connectivity index (χ4v) is 1.60. The highest BCUT2D eigenvalue weighted by molar-refractivity contribution is 5.80. The first kappa shape index (κ1) is 12.5. The molecule has 0 bridgehead atoms. The zero-order valence-corrected chi connectivity index (χ0v) is 9.40. The van der Waals surface area contributed by atoms with Crippen LogP contribution in [0.5, 0.6) is 5.75 Å². The maximum atomic E-state index is 10.9. The molecular formula is C13H16O3. The van der Waals surface area contributed by atoms with E-state index in [1.54, 1.807) is 12.1 Å². The molecule has 0 saturated heterocycles. The van der Waals surface area contributed by atoms with E-state index in [-0.39, 0.29) is 13.2 Å². The summed E-state index contributed by atoms with van der Waals surface area (Å²) < 4.78 is 5.39. The zero-order chi connectivity index (χ0) is 12.0. The van der Waals surface area contributed by atoms with Crippen LogP contribution < -0.4 is 4.74 Å². The molecule has 0 unspecified atom stereocenters. The molecule has 0 fully saturated rings. The molecule has 0 aliphatic carbocycles. The summed E-state index contributed by atoms with van der Waals surface area (Å²) in [5.41, 5.74) is 2.45. The van der Waals surface area contributed by atoms with E-state index in [1.807, 2.05) is 13.0 Å². The van der Waals surface area contributed by atoms with Crippen LogP contribution in [0, 0.1) is 6.92 Å². The van der Waals surface area contributed by atoms with Gasteiger partial charge in [0.05, 0.1) is 12.2 Å². The van der Waals surface area contributed by atoms with Gasteiger partial charge in [-0.3, -0.25) is 4.79 Å². The molecule has 0 aliphatic rings. The fraction of sp³-hybridized carbons (Fsp3) is 0.308. The first-order valence-corrected chi connectivity index (χ1v) is 5.16. The second-order valence-corrected chi connectivity index (χ2v) is 3.53. The lowest BCUT2D eigenvalue weighted by Gasteiger charge is -2.13. The van der Waals surface area contributed by atoms with E-state index >= 15 is 0 Å². The molecular weight excluding hydrogens is 204 g/mol. The van der Waals surface area contributed by atoms with E-state index in [4.69, 9.17) is 9.84 Å². The Kier molecular flexibility index (Phi) is 4.73. The third kappa shape index (κ3) is 2.94. The Morgan fingerprint density at radius 2 is 2.25 bits per heavy atom. The van der Waals surface area contributed by atoms with Gasteiger partial charge in [-0.2, -0.15) is 0 Å². The van der Waals surface area contributed by atoms with Gasteiger partial charge >= 0.3 is 0 Å². The van der Waals surface area contributed by atoms with Crippen LogP contribution in [0.1, 0.15) is 21.5 Å². The number of hydrogen-bond donors (Lipinski definition) is 1. The lowest BCUT2D eigenvalue weighted by Crippen LogP contribution is -2.06. The molecule has 0 radical (unpaired) electrons. The Hall–Kier alpha value is -1.61. The van der Waals surface area contributed by atoms with E-state index in [0.717, 1.165) is 17.4 Å². The molecule has 0 heterocycles. The van der Waals surface area contributed by atoms with Crippen molar-refractivity contribution in [3.05, 3.63) is 41.5 Å². The SMILES string of the molecule is C=CCc1cc(C)cc(C=O)c1OCCO. The number of allylic oxidation sites excluding steroid dienone is 1. The van der Waals surface area contributed by atoms with Gasteiger partial charge in [-0.15, -0.1) is 6.58 Å². The number of ether oxygens (including phenoxy) is 1. The zero-order valence-electron chi connectivity index (χ0n) is 9.40. The Morgan fingerprint density at radius 3 is 2.81 bits per heavy atom. The Bertz CT molecular complexity index is 383. The molecule has 0 saturated carbocycles. The highest BCUT2D eigenvalue weighted by Gasteiger charge is 2.09. The van der Waals surface area contributed by atoms with Crippen LogP contribution in [0.2, 0.25) is 0 Å². The number of benzene rings is 1. The Morgan fingerprint density at radius 1 is 1.50 bits per heavy atom. The van der Waals surface area contributed by atoms with Crippen molar-refractivity contribution < 1.29 is 14.6 Å². The standard InChI is InChI=1S/C13H16O3/c1-3-4-11-7-10(2)8-12(9-15)13(11)16-6-5-14/h3,7-9,14H,1,4-6H2,2H3. The van der Waals surface area contributed by atoms with E-state index in [1.165, 1.54) is 0 Å². The summed E-state index contributed by atoms with van der Waals surface area (Å²) >= 11 is 0. The molecule has 1 aromatic carbocycles. The summed E-state index contributed by atoms with van der Waals surface area (Å²) in [6, 6.07) is 3.73. The number of hydrogen-bond acceptors (Lipinski definition) is 3. The second kappa shape index (κ2) is 6.08. The predicted octanol–water partition coefficient (Wildman–Crippen LogP) is 1.91. The van der Waals surface area contributed by atoms with Gasteiger partial charge in [-0.05, 0) is 30.5 Å². The van der Waals surface area contributed by atoms with E-state index < -0.39 is 0 Å². The molecule has 0 amide bonds. The van der Waals surface area contributed by atoms with Gasteiger partial charge in [-0.25, -0.2) is 0 Å². The molecule has 1 N–H and O–H groups in total. The average Bonchev–Trinajstić information content (AvgIpc) is 2.27. The average molecular weight is 220 g/mol. The van der Waals surface area contributed by atoms with Crippen molar-refractivity contribution in [2.75, 3.05) is 13.2 Å². The first-order valence-electron chi connectivity index (χ1n) is 5.16. The van der Waals surface area contributed by atoms with Gasteiger partial charge in [0, 0.05) is 0 Å². The third-order valence-corrected chi connectivity index (χ3v) is 2.17. The van der Waals surface area contributed by atoms with Crippen LogP contribution in [0.3, 0.4) is 0 Å². The molecule has 1 rings (SSSR count). The van der Waals surface area contributed by atoms with Crippen LogP contribution in [-0.4, -0.2) is 24.6 Å². The number of aliphatic hydroxyl groups is 1. The second-order valence-electron chi connectivity index (χ2n) is 3.53. The van der Waals surface area contributed by atoms with Crippen molar-refractivity contribution in [1.29, 1.82) is 0 Å². The van der Waals surface area contributed by atoms with E-state index in [0.29, 0.717) is 17.7 Å². The van der Waals surface area contributed by atoms with Crippen molar-refractivity contribution in [3.63, 3.8) is 0 Å². The number of aliphatic hydroxyl groups excluding tert-OH is 1. The van der Waals surface area contributed by atoms with Gasteiger partial charge in [-0.1, -0.05) is 12.1 Å². The first-order chi connectivity index (χ1) is 7.72. The van der Waals surface area contributed by atoms with Crippen LogP contribution in [-0.2, 0) is 6.42 Å². The quantitative estimate of drug-likeness (QED) is 0.588. The smallest absolute Gasteiger partial charge is 0.153 e. The highest BCUT2D eigenvalue weighted by atomic mass is 16.5. The van der Waals surface area contributed by atoms with Crippen molar-refractivity contribution in [2.45, 2.75) is 13.3 Å². The molecule has 3 heteroatoms. The van der Waals surface area contributed by atoms with Gasteiger partial charge in [0.15, 0.2) is 6.29 Å². The van der Waals surface area contributed by atoms with Crippen LogP contribution >= 0.6 is 0 Å². The van der Waals surface area contributed by atoms with Crippen molar-refractivity contribution >= 4 is 6.29 Å². The van der Waals surface area contributed by atoms with Gasteiger partial charge in [0.2, 0.25) is 0 Å². The van der Waals surface area contributed by atoms with Crippen molar-refractivity contribution in [1.82, 2.24) is 0 Å². The minimum atomic E-state index is -0.0697. The molecule has 3 nitrogen and oxygen atoms in total. The largest absolute Gasteiger partial charge is 0.490 e. The van der Waals surface area contributed by atoms with Crippen LogP contribution in [0.15, 0.2) is 24.8 Å². The number of aldehydes is 1. The molecule has 0 atom stereocenters. The molecule has 0 spiro atoms. The maximum absolute atomic E-state index is 10.9. The normalized spacial score (nSPS) is 9.88. The summed E-state index contributed by atoms with van der Waals surface area (Å²) in [6.45, 7) is 5.71. The van der Waals surface area contributed by atoms with Crippen LogP contribution in [0.25, 0.3) is 0 Å². The number of carbonyl (C=O) groups is 1. The molecule has 0 aromatic heterocycles. The van der Waals surface area contributed by atoms with Gasteiger partial charge in [0.25, 0.3) is 0 Å². The molecule has 1 aromatic rings. The molecule has 86 valence electrons. The molecule has 16 heavy (non-hydrogen) atoms. The fourth-order valence-electron chi connectivity index (χ4n) is 1.60. The third-order valence-electron chi connectivity index (χ3n) is 2.17. The summed E-state index contributed by atoms with van der Waals surface area (Å²) in [4.78, 5) is 10.9. The lowest BCUT2D eigenvalue weighted by molar-refractivity contribution is 0.111. The van der Waals surface area contributed by atoms with Crippen molar-refractivity contribution in [2.24, 2.45) is 0 Å². The van der Waals surface area contributed by atoms with E-state index in [9.17, 15) is 4.79 Å². The monoisotopic (exact) mass is 220 g/mol. The van der Waals surface area contributed by atoms with Crippen molar-refractivity contribution in [3.8, 4) is 5.75 Å². The number of carbonyl (C=O) groups excluding carboxylic acids is 1. The topological polar surface area (TPSA) is 46.5 Å². The highest BCUT2D eigenvalue weighted by Crippen LogP contribution is 2.25. The molecule has 0 aliphatic heterocycles. The predicted molar refractivity (Wildman–Crippen MR) is 63.0 cm³/mol. The van der Waals surface area contributed by atoms with Gasteiger partial charge in [0.1, 0.15) is 12.4 Å². The summed E-state index contributed by atoms with van der Waals surface area (Å²) in [6.07, 6.45) is 3.17. The summed E-state index contributed by atoms with van der Waals surface area (Å²) in [5.74, 6) is 0.551. The number of aryl methyl sites for hydroxylation is 1. The van der Waals surface area contributed by atoms with E-state index in [2.05, 4.69) is 6.58 Å². The lowest BCUT2D eigenvalue weighted by atomic mass is 10.0. The Labute approximate surface area is 95.4 Å². The Balaban J connectivity index is 3.15. The summed E-state index contributed by atoms with van der Waals surface area (Å²) in [5, 5.41) is 8.73. The van der Waals surface area contributed by atoms with Crippen LogP contribution in [0.4, 0.5) is 0 Å². The summed E-state index contributed by atoms with van der Waals surface area (Å²) in [7, 11) is 0. The minimum Gasteiger partial charge on any atom is -0.490 e. The minimum absolute atomic E-state index is 0.0697. The van der Waals surface area contributed by atoms with Gasteiger partial charge < -0.3 is 9.84 Å².